The SMILES string of the molecule is c1ccc(-c2cc(-c3ccc(-n4c5ccccc5c5cc6c(cc54)sc4ccccc46)cc3)cc(-n3c4ccccc4c4ccccc43)c2)cc1. The van der Waals surface area contributed by atoms with Crippen LogP contribution in [0.2, 0.25) is 0 Å². The molecule has 0 N–H and O–H groups in total. The van der Waals surface area contributed by atoms with Crippen molar-refractivity contribution < 1.29 is 0 Å². The van der Waals surface area contributed by atoms with Gasteiger partial charge in [-0.15, -0.1) is 11.3 Å². The molecule has 8 aromatic carbocycles. The summed E-state index contributed by atoms with van der Waals surface area (Å²) in [6.07, 6.45) is 0. The summed E-state index contributed by atoms with van der Waals surface area (Å²) in [4.78, 5) is 0. The summed E-state index contributed by atoms with van der Waals surface area (Å²) < 4.78 is 7.50. The standard InChI is InChI=1S/C48H30N2S/c1-2-12-31(13-3-1)33-26-34(28-36(27-33)50-43-18-8-4-14-37(43)38-15-5-9-19-44(38)50)32-22-24-35(25-23-32)49-45-20-10-6-16-39(45)41-29-42-40-17-7-11-21-47(40)51-48(42)30-46(41)49/h1-30H. The van der Waals surface area contributed by atoms with Crippen molar-refractivity contribution in [1.82, 2.24) is 9.13 Å². The van der Waals surface area contributed by atoms with Crippen LogP contribution in [-0.2, 0) is 0 Å². The Morgan fingerprint density at radius 2 is 0.784 bits per heavy atom. The molecule has 0 saturated carbocycles. The van der Waals surface area contributed by atoms with Crippen molar-refractivity contribution in [3.05, 3.63) is 182 Å². The van der Waals surface area contributed by atoms with Crippen LogP contribution in [-0.4, -0.2) is 9.13 Å². The first-order valence-electron chi connectivity index (χ1n) is 17.4. The number of rotatable bonds is 4. The molecule has 0 saturated heterocycles. The van der Waals surface area contributed by atoms with Crippen LogP contribution in [0.15, 0.2) is 182 Å². The summed E-state index contributed by atoms with van der Waals surface area (Å²) in [6, 6.07) is 66.7. The molecule has 0 fully saturated rings. The highest BCUT2D eigenvalue weighted by atomic mass is 32.1. The van der Waals surface area contributed by atoms with Crippen LogP contribution >= 0.6 is 11.3 Å². The molecule has 0 aliphatic rings. The number of para-hydroxylation sites is 3. The van der Waals surface area contributed by atoms with Gasteiger partial charge in [0.1, 0.15) is 0 Å². The maximum Gasteiger partial charge on any atom is 0.0555 e. The van der Waals surface area contributed by atoms with Crippen LogP contribution in [0.3, 0.4) is 0 Å². The van der Waals surface area contributed by atoms with Crippen molar-refractivity contribution >= 4 is 75.1 Å². The second-order valence-corrected chi connectivity index (χ2v) is 14.5. The highest BCUT2D eigenvalue weighted by Gasteiger charge is 2.17. The summed E-state index contributed by atoms with van der Waals surface area (Å²) in [6.45, 7) is 0. The van der Waals surface area contributed by atoms with Crippen LogP contribution in [0.25, 0.3) is 97.4 Å². The molecular formula is C48H30N2S. The van der Waals surface area contributed by atoms with Gasteiger partial charge in [-0.05, 0) is 89.0 Å². The summed E-state index contributed by atoms with van der Waals surface area (Å²) in [5.41, 5.74) is 12.0. The van der Waals surface area contributed by atoms with Crippen LogP contribution in [0.5, 0.6) is 0 Å². The van der Waals surface area contributed by atoms with Gasteiger partial charge in [-0.3, -0.25) is 0 Å². The van der Waals surface area contributed by atoms with Crippen molar-refractivity contribution in [2.45, 2.75) is 0 Å². The fraction of sp³-hybridized carbons (Fsp3) is 0. The van der Waals surface area contributed by atoms with Gasteiger partial charge in [-0.2, -0.15) is 0 Å². The molecule has 11 aromatic rings. The smallest absolute Gasteiger partial charge is 0.0555 e. The monoisotopic (exact) mass is 666 g/mol. The Morgan fingerprint density at radius 3 is 1.43 bits per heavy atom. The number of benzene rings is 8. The molecule has 3 heteroatoms. The van der Waals surface area contributed by atoms with Crippen LogP contribution < -0.4 is 0 Å². The van der Waals surface area contributed by atoms with Crippen molar-refractivity contribution in [2.75, 3.05) is 0 Å². The summed E-state index contributed by atoms with van der Waals surface area (Å²) in [5, 5.41) is 7.76. The number of nitrogens with zero attached hydrogens (tertiary/aromatic N) is 2. The lowest BCUT2D eigenvalue weighted by Gasteiger charge is -2.15. The lowest BCUT2D eigenvalue weighted by molar-refractivity contribution is 1.18. The molecular weight excluding hydrogens is 637 g/mol. The minimum absolute atomic E-state index is 1.16. The third kappa shape index (κ3) is 4.35. The molecule has 0 aliphatic carbocycles. The molecule has 0 amide bonds. The second kappa shape index (κ2) is 11.0. The molecule has 0 spiro atoms. The van der Waals surface area contributed by atoms with Crippen molar-refractivity contribution in [3.8, 4) is 33.6 Å². The van der Waals surface area contributed by atoms with Gasteiger partial charge in [-0.25, -0.2) is 0 Å². The molecule has 238 valence electrons. The zero-order chi connectivity index (χ0) is 33.5. The fourth-order valence-electron chi connectivity index (χ4n) is 8.17. The van der Waals surface area contributed by atoms with Crippen molar-refractivity contribution in [2.24, 2.45) is 0 Å². The normalized spacial score (nSPS) is 11.9. The van der Waals surface area contributed by atoms with Crippen LogP contribution in [0.4, 0.5) is 0 Å². The van der Waals surface area contributed by atoms with Crippen LogP contribution in [0, 0.1) is 0 Å². The van der Waals surface area contributed by atoms with Crippen LogP contribution in [0.1, 0.15) is 0 Å². The number of hydrogen-bond acceptors (Lipinski definition) is 1. The average Bonchev–Trinajstić information content (AvgIpc) is 3.84. The Morgan fingerprint density at radius 1 is 0.275 bits per heavy atom. The lowest BCUT2D eigenvalue weighted by Crippen LogP contribution is -1.96. The molecule has 0 unspecified atom stereocenters. The molecule has 51 heavy (non-hydrogen) atoms. The van der Waals surface area contributed by atoms with E-state index in [1.54, 1.807) is 0 Å². The lowest BCUT2D eigenvalue weighted by atomic mass is 9.97. The van der Waals surface area contributed by atoms with Gasteiger partial charge < -0.3 is 9.13 Å². The average molecular weight is 667 g/mol. The quantitative estimate of drug-likeness (QED) is 0.177. The Balaban J connectivity index is 1.10. The number of thiophene rings is 1. The third-order valence-electron chi connectivity index (χ3n) is 10.5. The highest BCUT2D eigenvalue weighted by molar-refractivity contribution is 7.25. The highest BCUT2D eigenvalue weighted by Crippen LogP contribution is 2.41. The van der Waals surface area contributed by atoms with E-state index in [2.05, 4.69) is 191 Å². The Kier molecular flexibility index (Phi) is 6.16. The first-order valence-corrected chi connectivity index (χ1v) is 18.2. The first kappa shape index (κ1) is 28.4. The zero-order valence-electron chi connectivity index (χ0n) is 27.6. The molecule has 0 atom stereocenters. The zero-order valence-corrected chi connectivity index (χ0v) is 28.4. The Labute approximate surface area is 298 Å². The molecule has 0 aliphatic heterocycles. The van der Waals surface area contributed by atoms with E-state index >= 15 is 0 Å². The summed E-state index contributed by atoms with van der Waals surface area (Å²) >= 11 is 1.88. The van der Waals surface area contributed by atoms with Gasteiger partial charge in [0.2, 0.25) is 0 Å². The molecule has 0 bridgehead atoms. The predicted octanol–water partition coefficient (Wildman–Crippen LogP) is 13.6. The van der Waals surface area contributed by atoms with Gasteiger partial charge in [0.05, 0.1) is 22.1 Å². The summed E-state index contributed by atoms with van der Waals surface area (Å²) in [5.74, 6) is 0. The minimum atomic E-state index is 1.16. The van der Waals surface area contributed by atoms with Crippen molar-refractivity contribution in [1.29, 1.82) is 0 Å². The van der Waals surface area contributed by atoms with Gasteiger partial charge in [-0.1, -0.05) is 115 Å². The molecule has 3 aromatic heterocycles. The topological polar surface area (TPSA) is 9.86 Å². The second-order valence-electron chi connectivity index (χ2n) is 13.4. The van der Waals surface area contributed by atoms with Gasteiger partial charge >= 0.3 is 0 Å². The van der Waals surface area contributed by atoms with E-state index in [0.29, 0.717) is 0 Å². The van der Waals surface area contributed by atoms with E-state index in [-0.39, 0.29) is 0 Å². The minimum Gasteiger partial charge on any atom is -0.309 e. The molecule has 11 rings (SSSR count). The maximum absolute atomic E-state index is 2.43. The molecule has 3 heterocycles. The van der Waals surface area contributed by atoms with Gasteiger partial charge in [0, 0.05) is 53.1 Å². The Bertz CT molecular complexity index is 3070. The van der Waals surface area contributed by atoms with Crippen molar-refractivity contribution in [3.63, 3.8) is 0 Å². The fourth-order valence-corrected chi connectivity index (χ4v) is 9.29. The van der Waals surface area contributed by atoms with E-state index in [9.17, 15) is 0 Å². The Hall–Kier alpha value is -6.42. The van der Waals surface area contributed by atoms with E-state index < -0.39 is 0 Å². The number of aromatic nitrogens is 2. The largest absolute Gasteiger partial charge is 0.309 e. The third-order valence-corrected chi connectivity index (χ3v) is 11.6. The first-order chi connectivity index (χ1) is 25.3. The van der Waals surface area contributed by atoms with E-state index in [0.717, 1.165) is 11.4 Å². The molecule has 2 nitrogen and oxygen atoms in total. The molecule has 0 radical (unpaired) electrons. The maximum atomic E-state index is 2.43. The van der Waals surface area contributed by atoms with E-state index in [1.807, 2.05) is 11.3 Å². The van der Waals surface area contributed by atoms with E-state index in [1.165, 1.54) is 86.0 Å². The van der Waals surface area contributed by atoms with Gasteiger partial charge in [0.15, 0.2) is 0 Å². The van der Waals surface area contributed by atoms with E-state index in [4.69, 9.17) is 0 Å². The number of fused-ring (bicyclic) bond motifs is 9. The summed E-state index contributed by atoms with van der Waals surface area (Å²) in [7, 11) is 0. The van der Waals surface area contributed by atoms with Gasteiger partial charge in [0.25, 0.3) is 0 Å². The number of hydrogen-bond donors (Lipinski definition) is 0. The predicted molar refractivity (Wildman–Crippen MR) is 219 cm³/mol.